The molecule has 2 bridgehead atoms. The van der Waals surface area contributed by atoms with Crippen LogP contribution in [0.5, 0.6) is 5.75 Å². The van der Waals surface area contributed by atoms with Gasteiger partial charge in [0.25, 0.3) is 0 Å². The van der Waals surface area contributed by atoms with Crippen molar-refractivity contribution >= 4 is 5.91 Å². The van der Waals surface area contributed by atoms with E-state index in [1.165, 1.54) is 6.42 Å². The molecule has 132 valence electrons. The van der Waals surface area contributed by atoms with Crippen LogP contribution in [-0.2, 0) is 11.3 Å². The number of hydrogen-bond donors (Lipinski definition) is 2. The fraction of sp³-hybridized carbons (Fsp3) is 0.632. The number of fused-ring (bicyclic) bond motifs is 2. The number of nitrogens with two attached hydrogens (primary N) is 1. The van der Waals surface area contributed by atoms with Crippen molar-refractivity contribution in [2.24, 2.45) is 23.5 Å². The summed E-state index contributed by atoms with van der Waals surface area (Å²) in [5.41, 5.74) is 7.31. The van der Waals surface area contributed by atoms with E-state index in [9.17, 15) is 4.79 Å². The number of likely N-dealkylation sites (N-methyl/N-ethyl adjacent to an activating group) is 1. The average Bonchev–Trinajstić information content (AvgIpc) is 3.14. The number of hydrogen-bond acceptors (Lipinski definition) is 4. The Hall–Kier alpha value is -1.59. The molecule has 0 aromatic heterocycles. The summed E-state index contributed by atoms with van der Waals surface area (Å²) in [5.74, 6) is 2.02. The van der Waals surface area contributed by atoms with E-state index < -0.39 is 0 Å². The van der Waals surface area contributed by atoms with Gasteiger partial charge in [0.1, 0.15) is 12.4 Å². The van der Waals surface area contributed by atoms with Crippen molar-refractivity contribution in [1.82, 2.24) is 10.2 Å². The predicted molar refractivity (Wildman–Crippen MR) is 94.6 cm³/mol. The van der Waals surface area contributed by atoms with Gasteiger partial charge in [0.15, 0.2) is 0 Å². The van der Waals surface area contributed by atoms with Crippen molar-refractivity contribution in [1.29, 1.82) is 0 Å². The van der Waals surface area contributed by atoms with E-state index >= 15 is 0 Å². The number of amides is 1. The van der Waals surface area contributed by atoms with E-state index in [2.05, 4.69) is 10.2 Å². The van der Waals surface area contributed by atoms with E-state index in [0.717, 1.165) is 30.7 Å². The van der Waals surface area contributed by atoms with Crippen molar-refractivity contribution in [3.8, 4) is 5.75 Å². The van der Waals surface area contributed by atoms with Gasteiger partial charge >= 0.3 is 0 Å². The third kappa shape index (κ3) is 3.90. The summed E-state index contributed by atoms with van der Waals surface area (Å²) in [7, 11) is 4.05. The summed E-state index contributed by atoms with van der Waals surface area (Å²) >= 11 is 0. The second-order valence-corrected chi connectivity index (χ2v) is 7.45. The molecule has 4 unspecified atom stereocenters. The van der Waals surface area contributed by atoms with Gasteiger partial charge in [-0.3, -0.25) is 4.79 Å². The molecule has 1 amide bonds. The number of rotatable bonds is 7. The van der Waals surface area contributed by atoms with Crippen LogP contribution in [0.25, 0.3) is 0 Å². The highest BCUT2D eigenvalue weighted by atomic mass is 16.5. The van der Waals surface area contributed by atoms with Gasteiger partial charge < -0.3 is 20.7 Å². The van der Waals surface area contributed by atoms with Gasteiger partial charge in [-0.15, -0.1) is 0 Å². The molecule has 1 aromatic rings. The van der Waals surface area contributed by atoms with E-state index in [1.807, 2.05) is 38.4 Å². The molecule has 24 heavy (non-hydrogen) atoms. The zero-order valence-corrected chi connectivity index (χ0v) is 14.7. The van der Waals surface area contributed by atoms with E-state index in [4.69, 9.17) is 10.5 Å². The maximum Gasteiger partial charge on any atom is 0.225 e. The first-order valence-electron chi connectivity index (χ1n) is 8.94. The van der Waals surface area contributed by atoms with Crippen molar-refractivity contribution in [3.05, 3.63) is 29.8 Å². The molecule has 4 atom stereocenters. The second-order valence-electron chi connectivity index (χ2n) is 7.45. The van der Waals surface area contributed by atoms with Crippen LogP contribution in [-0.4, -0.2) is 44.1 Å². The lowest BCUT2D eigenvalue weighted by molar-refractivity contribution is -0.127. The maximum absolute atomic E-state index is 12.5. The summed E-state index contributed by atoms with van der Waals surface area (Å²) in [4.78, 5) is 14.6. The quantitative estimate of drug-likeness (QED) is 0.797. The van der Waals surface area contributed by atoms with Crippen molar-refractivity contribution < 1.29 is 9.53 Å². The molecule has 2 aliphatic rings. The summed E-state index contributed by atoms with van der Waals surface area (Å²) in [6, 6.07) is 7.98. The SMILES string of the molecule is CN(C)CCOc1cccc(CNC(=O)C2C3CCC(C3)C2N)c1. The van der Waals surface area contributed by atoms with Gasteiger partial charge in [-0.05, 0) is 62.9 Å². The molecule has 2 fully saturated rings. The van der Waals surface area contributed by atoms with E-state index in [-0.39, 0.29) is 17.9 Å². The number of ether oxygens (including phenoxy) is 1. The first-order chi connectivity index (χ1) is 11.5. The molecular formula is C19H29N3O2. The Morgan fingerprint density at radius 3 is 2.83 bits per heavy atom. The lowest BCUT2D eigenvalue weighted by Gasteiger charge is -2.27. The van der Waals surface area contributed by atoms with Crippen LogP contribution in [0.4, 0.5) is 0 Å². The maximum atomic E-state index is 12.5. The Balaban J connectivity index is 1.50. The first-order valence-corrected chi connectivity index (χ1v) is 8.94. The number of benzene rings is 1. The van der Waals surface area contributed by atoms with Gasteiger partial charge in [-0.25, -0.2) is 0 Å². The lowest BCUT2D eigenvalue weighted by Crippen LogP contribution is -2.45. The van der Waals surface area contributed by atoms with Crippen LogP contribution < -0.4 is 15.8 Å². The smallest absolute Gasteiger partial charge is 0.225 e. The predicted octanol–water partition coefficient (Wildman–Crippen LogP) is 1.62. The van der Waals surface area contributed by atoms with Crippen molar-refractivity contribution in [3.63, 3.8) is 0 Å². The number of carbonyl (C=O) groups is 1. The Morgan fingerprint density at radius 1 is 1.33 bits per heavy atom. The van der Waals surface area contributed by atoms with Crippen LogP contribution in [0.3, 0.4) is 0 Å². The second kappa shape index (κ2) is 7.53. The summed E-state index contributed by atoms with van der Waals surface area (Å²) in [5, 5.41) is 3.07. The Morgan fingerprint density at radius 2 is 2.12 bits per heavy atom. The van der Waals surface area contributed by atoms with E-state index in [0.29, 0.717) is 25.0 Å². The van der Waals surface area contributed by atoms with Crippen LogP contribution >= 0.6 is 0 Å². The van der Waals surface area contributed by atoms with Gasteiger partial charge in [0.05, 0.1) is 5.92 Å². The first kappa shape index (κ1) is 17.2. The normalized spacial score (nSPS) is 28.3. The van der Waals surface area contributed by atoms with E-state index in [1.54, 1.807) is 0 Å². The minimum atomic E-state index is 0.00303. The van der Waals surface area contributed by atoms with Crippen molar-refractivity contribution in [2.45, 2.75) is 31.8 Å². The minimum absolute atomic E-state index is 0.00303. The molecule has 5 nitrogen and oxygen atoms in total. The van der Waals surface area contributed by atoms with Crippen LogP contribution in [0.1, 0.15) is 24.8 Å². The number of carbonyl (C=O) groups excluding carboxylic acids is 1. The third-order valence-corrected chi connectivity index (χ3v) is 5.46. The Bertz CT molecular complexity index is 573. The standard InChI is InChI=1S/C19H29N3O2/c1-22(2)8-9-24-16-5-3-4-13(10-16)12-21-19(23)17-14-6-7-15(11-14)18(17)20/h3-5,10,14-15,17-18H,6-9,11-12,20H2,1-2H3,(H,21,23). The molecule has 0 heterocycles. The molecule has 0 spiro atoms. The summed E-state index contributed by atoms with van der Waals surface area (Å²) in [6.07, 6.45) is 3.49. The number of nitrogens with zero attached hydrogens (tertiary/aromatic N) is 1. The Kier molecular flexibility index (Phi) is 5.41. The fourth-order valence-electron chi connectivity index (χ4n) is 4.12. The minimum Gasteiger partial charge on any atom is -0.492 e. The highest BCUT2D eigenvalue weighted by molar-refractivity contribution is 5.80. The van der Waals surface area contributed by atoms with Gasteiger partial charge in [-0.1, -0.05) is 12.1 Å². The molecule has 2 aliphatic carbocycles. The molecule has 0 saturated heterocycles. The van der Waals surface area contributed by atoms with Crippen molar-refractivity contribution in [2.75, 3.05) is 27.2 Å². The lowest BCUT2D eigenvalue weighted by atomic mass is 9.84. The molecule has 5 heteroatoms. The average molecular weight is 331 g/mol. The summed E-state index contributed by atoms with van der Waals surface area (Å²) < 4.78 is 5.75. The monoisotopic (exact) mass is 331 g/mol. The van der Waals surface area contributed by atoms with Crippen LogP contribution in [0, 0.1) is 17.8 Å². The summed E-state index contributed by atoms with van der Waals surface area (Å²) in [6.45, 7) is 2.07. The Labute approximate surface area is 144 Å². The number of nitrogens with one attached hydrogen (secondary N) is 1. The molecule has 1 aromatic carbocycles. The molecule has 3 N–H and O–H groups in total. The molecule has 3 rings (SSSR count). The third-order valence-electron chi connectivity index (χ3n) is 5.46. The fourth-order valence-corrected chi connectivity index (χ4v) is 4.12. The van der Waals surface area contributed by atoms with Crippen LogP contribution in [0.15, 0.2) is 24.3 Å². The molecule has 2 saturated carbocycles. The van der Waals surface area contributed by atoms with Gasteiger partial charge in [-0.2, -0.15) is 0 Å². The molecule has 0 aliphatic heterocycles. The zero-order valence-electron chi connectivity index (χ0n) is 14.7. The molecular weight excluding hydrogens is 302 g/mol. The topological polar surface area (TPSA) is 67.6 Å². The highest BCUT2D eigenvalue weighted by Crippen LogP contribution is 2.47. The van der Waals surface area contributed by atoms with Gasteiger partial charge in [0.2, 0.25) is 5.91 Å². The van der Waals surface area contributed by atoms with Crippen LogP contribution in [0.2, 0.25) is 0 Å². The van der Waals surface area contributed by atoms with Gasteiger partial charge in [0, 0.05) is 19.1 Å². The molecule has 0 radical (unpaired) electrons. The highest BCUT2D eigenvalue weighted by Gasteiger charge is 2.48. The zero-order chi connectivity index (χ0) is 17.1. The largest absolute Gasteiger partial charge is 0.492 e.